The molecule has 2 aromatic heterocycles. The summed E-state index contributed by atoms with van der Waals surface area (Å²) in [4.78, 5) is 14.9. The average Bonchev–Trinajstić information content (AvgIpc) is 2.93. The van der Waals surface area contributed by atoms with Crippen LogP contribution in [0, 0.1) is 0 Å². The highest BCUT2D eigenvalue weighted by atomic mass is 16.5. The fourth-order valence-electron chi connectivity index (χ4n) is 2.07. The molecule has 22 heavy (non-hydrogen) atoms. The molecule has 1 N–H and O–H groups in total. The topological polar surface area (TPSA) is 73.1 Å². The van der Waals surface area contributed by atoms with Crippen molar-refractivity contribution in [2.24, 2.45) is 0 Å². The number of rotatable bonds is 5. The summed E-state index contributed by atoms with van der Waals surface area (Å²) in [5.74, 6) is 0.756. The number of carboxylic acids is 1. The zero-order chi connectivity index (χ0) is 15.5. The predicted octanol–water partition coefficient (Wildman–Crippen LogP) is 3.22. The Balaban J connectivity index is 1.92. The van der Waals surface area contributed by atoms with Gasteiger partial charge in [-0.2, -0.15) is 0 Å². The molecule has 0 radical (unpaired) electrons. The van der Waals surface area contributed by atoms with E-state index in [1.54, 1.807) is 22.7 Å². The lowest BCUT2D eigenvalue weighted by molar-refractivity contribution is 0.0691. The number of hydrogen-bond acceptors (Lipinski definition) is 4. The van der Waals surface area contributed by atoms with Crippen molar-refractivity contribution in [1.29, 1.82) is 0 Å². The Bertz CT molecular complexity index is 826. The Morgan fingerprint density at radius 2 is 1.95 bits per heavy atom. The summed E-state index contributed by atoms with van der Waals surface area (Å²) in [5, 5.41) is 8.96. The van der Waals surface area contributed by atoms with Gasteiger partial charge in [0.15, 0.2) is 17.2 Å². The predicted molar refractivity (Wildman–Crippen MR) is 79.8 cm³/mol. The fraction of sp³-hybridized carbons (Fsp3) is 0.125. The molecule has 0 spiro atoms. The van der Waals surface area contributed by atoms with Crippen molar-refractivity contribution in [2.75, 3.05) is 6.61 Å². The van der Waals surface area contributed by atoms with E-state index in [-0.39, 0.29) is 5.69 Å². The lowest BCUT2D eigenvalue weighted by Crippen LogP contribution is -1.95. The number of aromatic nitrogens is 2. The fourth-order valence-corrected chi connectivity index (χ4v) is 2.07. The van der Waals surface area contributed by atoms with E-state index < -0.39 is 5.97 Å². The van der Waals surface area contributed by atoms with Crippen molar-refractivity contribution in [3.8, 4) is 17.2 Å². The molecule has 2 heterocycles. The number of fused-ring (bicyclic) bond motifs is 1. The van der Waals surface area contributed by atoms with E-state index in [9.17, 15) is 4.79 Å². The lowest BCUT2D eigenvalue weighted by atomic mass is 10.3. The minimum absolute atomic E-state index is 0.00753. The minimum Gasteiger partial charge on any atom is -0.490 e. The van der Waals surface area contributed by atoms with Crippen LogP contribution in [0.2, 0.25) is 0 Å². The number of benzene rings is 1. The van der Waals surface area contributed by atoms with Gasteiger partial charge in [0.2, 0.25) is 0 Å². The molecule has 112 valence electrons. The van der Waals surface area contributed by atoms with Crippen LogP contribution in [-0.4, -0.2) is 27.1 Å². The van der Waals surface area contributed by atoms with Gasteiger partial charge in [-0.3, -0.25) is 0 Å². The van der Waals surface area contributed by atoms with Crippen molar-refractivity contribution in [1.82, 2.24) is 9.38 Å². The second-order valence-corrected chi connectivity index (χ2v) is 4.54. The number of imidazole rings is 1. The third-order valence-corrected chi connectivity index (χ3v) is 3.02. The van der Waals surface area contributed by atoms with Gasteiger partial charge >= 0.3 is 5.97 Å². The quantitative estimate of drug-likeness (QED) is 0.783. The van der Waals surface area contributed by atoms with Gasteiger partial charge in [0.1, 0.15) is 11.4 Å². The summed E-state index contributed by atoms with van der Waals surface area (Å²) >= 11 is 0. The molecular weight excluding hydrogens is 284 g/mol. The molecule has 0 bridgehead atoms. The summed E-state index contributed by atoms with van der Waals surface area (Å²) in [6.07, 6.45) is 3.12. The highest BCUT2D eigenvalue weighted by Crippen LogP contribution is 2.31. The molecule has 0 aliphatic carbocycles. The van der Waals surface area contributed by atoms with Gasteiger partial charge < -0.3 is 19.0 Å². The Morgan fingerprint density at radius 1 is 1.18 bits per heavy atom. The van der Waals surface area contributed by atoms with E-state index in [0.29, 0.717) is 29.5 Å². The second kappa shape index (κ2) is 5.77. The number of pyridine rings is 1. The van der Waals surface area contributed by atoms with E-state index in [0.717, 1.165) is 0 Å². The molecule has 0 saturated heterocycles. The molecule has 0 atom stereocenters. The van der Waals surface area contributed by atoms with Crippen molar-refractivity contribution in [3.63, 3.8) is 0 Å². The van der Waals surface area contributed by atoms with Gasteiger partial charge in [0.25, 0.3) is 0 Å². The maximum Gasteiger partial charge on any atom is 0.356 e. The van der Waals surface area contributed by atoms with Crippen molar-refractivity contribution in [3.05, 3.63) is 54.5 Å². The summed E-state index contributed by atoms with van der Waals surface area (Å²) in [7, 11) is 0. The first-order valence-corrected chi connectivity index (χ1v) is 6.79. The molecule has 0 aliphatic rings. The third-order valence-electron chi connectivity index (χ3n) is 3.02. The Labute approximate surface area is 126 Å². The van der Waals surface area contributed by atoms with E-state index in [2.05, 4.69) is 4.98 Å². The van der Waals surface area contributed by atoms with Gasteiger partial charge in [-0.15, -0.1) is 0 Å². The zero-order valence-corrected chi connectivity index (χ0v) is 11.9. The highest BCUT2D eigenvalue weighted by molar-refractivity contribution is 5.86. The molecule has 0 unspecified atom stereocenters. The SMILES string of the molecule is CCOc1ccccc1Oc1ccc2nc(C(=O)O)cn2c1. The maximum atomic E-state index is 10.9. The van der Waals surface area contributed by atoms with Crippen LogP contribution in [0.4, 0.5) is 0 Å². The molecule has 3 aromatic rings. The van der Waals surface area contributed by atoms with Crippen LogP contribution >= 0.6 is 0 Å². The number of hydrogen-bond donors (Lipinski definition) is 1. The van der Waals surface area contributed by atoms with Gasteiger partial charge in [0, 0.05) is 6.20 Å². The van der Waals surface area contributed by atoms with Crippen LogP contribution in [0.15, 0.2) is 48.8 Å². The molecule has 1 aromatic carbocycles. The van der Waals surface area contributed by atoms with Crippen LogP contribution in [0.25, 0.3) is 5.65 Å². The van der Waals surface area contributed by atoms with Crippen LogP contribution in [0.3, 0.4) is 0 Å². The minimum atomic E-state index is -1.06. The van der Waals surface area contributed by atoms with Crippen LogP contribution < -0.4 is 9.47 Å². The van der Waals surface area contributed by atoms with E-state index in [1.165, 1.54) is 6.20 Å². The van der Waals surface area contributed by atoms with Crippen LogP contribution in [-0.2, 0) is 0 Å². The van der Waals surface area contributed by atoms with Gasteiger partial charge in [0.05, 0.1) is 12.8 Å². The van der Waals surface area contributed by atoms with Gasteiger partial charge in [-0.05, 0) is 31.2 Å². The summed E-state index contributed by atoms with van der Waals surface area (Å²) in [6.45, 7) is 2.45. The Kier molecular flexibility index (Phi) is 3.65. The number of carbonyl (C=O) groups is 1. The third kappa shape index (κ3) is 2.71. The van der Waals surface area contributed by atoms with Crippen LogP contribution in [0.5, 0.6) is 17.2 Å². The first-order chi connectivity index (χ1) is 10.7. The zero-order valence-electron chi connectivity index (χ0n) is 11.9. The number of carboxylic acid groups (broad SMARTS) is 1. The summed E-state index contributed by atoms with van der Waals surface area (Å²) in [6, 6.07) is 10.8. The molecule has 0 saturated carbocycles. The standard InChI is InChI=1S/C16H14N2O4/c1-2-21-13-5-3-4-6-14(13)22-11-7-8-15-17-12(16(19)20)10-18(15)9-11/h3-10H,2H2,1H3,(H,19,20). The monoisotopic (exact) mass is 298 g/mol. The van der Waals surface area contributed by atoms with E-state index >= 15 is 0 Å². The smallest absolute Gasteiger partial charge is 0.356 e. The Morgan fingerprint density at radius 3 is 2.68 bits per heavy atom. The van der Waals surface area contributed by atoms with Gasteiger partial charge in [-0.1, -0.05) is 12.1 Å². The first kappa shape index (κ1) is 13.9. The van der Waals surface area contributed by atoms with Crippen molar-refractivity contribution < 1.29 is 19.4 Å². The number of aromatic carboxylic acids is 1. The first-order valence-electron chi connectivity index (χ1n) is 6.79. The number of ether oxygens (including phenoxy) is 2. The molecule has 6 heteroatoms. The molecule has 0 aliphatic heterocycles. The molecule has 0 amide bonds. The van der Waals surface area contributed by atoms with Crippen molar-refractivity contribution in [2.45, 2.75) is 6.92 Å². The Hall–Kier alpha value is -3.02. The average molecular weight is 298 g/mol. The van der Waals surface area contributed by atoms with Gasteiger partial charge in [-0.25, -0.2) is 9.78 Å². The molecular formula is C16H14N2O4. The second-order valence-electron chi connectivity index (χ2n) is 4.54. The summed E-state index contributed by atoms with van der Waals surface area (Å²) in [5.41, 5.74) is 0.537. The highest BCUT2D eigenvalue weighted by Gasteiger charge is 2.10. The maximum absolute atomic E-state index is 10.9. The van der Waals surface area contributed by atoms with Crippen LogP contribution in [0.1, 0.15) is 17.4 Å². The lowest BCUT2D eigenvalue weighted by Gasteiger charge is -2.11. The number of nitrogens with zero attached hydrogens (tertiary/aromatic N) is 2. The van der Waals surface area contributed by atoms with E-state index in [4.69, 9.17) is 14.6 Å². The molecule has 3 rings (SSSR count). The molecule has 0 fully saturated rings. The summed E-state index contributed by atoms with van der Waals surface area (Å²) < 4.78 is 12.9. The normalized spacial score (nSPS) is 10.6. The number of para-hydroxylation sites is 2. The molecule has 6 nitrogen and oxygen atoms in total. The largest absolute Gasteiger partial charge is 0.490 e. The van der Waals surface area contributed by atoms with Crippen molar-refractivity contribution >= 4 is 11.6 Å². The van der Waals surface area contributed by atoms with E-state index in [1.807, 2.05) is 31.2 Å².